The summed E-state index contributed by atoms with van der Waals surface area (Å²) in [6.07, 6.45) is 21.9. The Balaban J connectivity index is 1.22. The van der Waals surface area contributed by atoms with Crippen molar-refractivity contribution in [3.05, 3.63) is 13.3 Å². The second-order valence-electron chi connectivity index (χ2n) is 7.49. The van der Waals surface area contributed by atoms with Gasteiger partial charge in [0.2, 0.25) is 0 Å². The molecular weight excluding hydrogens is 284 g/mol. The summed E-state index contributed by atoms with van der Waals surface area (Å²) in [5.74, 6) is 0.692. The summed E-state index contributed by atoms with van der Waals surface area (Å²) in [4.78, 5) is 0. The molecule has 2 saturated carbocycles. The van der Waals surface area contributed by atoms with Crippen LogP contribution in [0.1, 0.15) is 89.9 Å². The largest absolute Gasteiger partial charge is 0.378 e. The molecule has 0 amide bonds. The highest BCUT2D eigenvalue weighted by atomic mass is 16.5. The molecule has 0 aliphatic heterocycles. The normalized spacial score (nSPS) is 23.3. The predicted molar refractivity (Wildman–Crippen MR) is 97.3 cm³/mol. The van der Waals surface area contributed by atoms with Crippen molar-refractivity contribution in [2.45, 2.75) is 102 Å². The predicted octanol–water partition coefficient (Wildman–Crippen LogP) is 5.90. The molecule has 2 aliphatic rings. The van der Waals surface area contributed by atoms with Crippen molar-refractivity contribution in [2.75, 3.05) is 13.2 Å². The van der Waals surface area contributed by atoms with Crippen LogP contribution in [0.15, 0.2) is 0 Å². The smallest absolute Gasteiger partial charge is 0.0630 e. The summed E-state index contributed by atoms with van der Waals surface area (Å²) in [5, 5.41) is 0. The second-order valence-corrected chi connectivity index (χ2v) is 7.49. The molecule has 3 atom stereocenters. The fourth-order valence-corrected chi connectivity index (χ4v) is 3.14. The first-order valence-electron chi connectivity index (χ1n) is 10.3. The van der Waals surface area contributed by atoms with E-state index in [0.717, 1.165) is 26.1 Å². The van der Waals surface area contributed by atoms with Gasteiger partial charge in [0, 0.05) is 12.5 Å². The quantitative estimate of drug-likeness (QED) is 0.310. The minimum Gasteiger partial charge on any atom is -0.378 e. The van der Waals surface area contributed by atoms with E-state index in [0.29, 0.717) is 18.1 Å². The van der Waals surface area contributed by atoms with Crippen molar-refractivity contribution in [1.82, 2.24) is 0 Å². The molecule has 0 saturated heterocycles. The van der Waals surface area contributed by atoms with Gasteiger partial charge in [-0.05, 0) is 25.7 Å². The molecule has 0 N–H and O–H groups in total. The van der Waals surface area contributed by atoms with E-state index in [1.165, 1.54) is 77.0 Å². The summed E-state index contributed by atoms with van der Waals surface area (Å²) in [7, 11) is 0. The summed E-state index contributed by atoms with van der Waals surface area (Å²) in [6, 6.07) is 0. The van der Waals surface area contributed by atoms with Crippen LogP contribution < -0.4 is 0 Å². The minimum atomic E-state index is 0.477. The highest BCUT2D eigenvalue weighted by Gasteiger charge is 2.39. The number of rotatable bonds is 17. The van der Waals surface area contributed by atoms with E-state index in [4.69, 9.17) is 9.47 Å². The van der Waals surface area contributed by atoms with Crippen molar-refractivity contribution in [2.24, 2.45) is 5.92 Å². The van der Waals surface area contributed by atoms with Crippen molar-refractivity contribution in [3.8, 4) is 0 Å². The van der Waals surface area contributed by atoms with Gasteiger partial charge >= 0.3 is 0 Å². The zero-order valence-corrected chi connectivity index (χ0v) is 15.1. The van der Waals surface area contributed by atoms with Crippen LogP contribution >= 0.6 is 0 Å². The SMILES string of the molecule is [CH2]CCCCCCCCCCCCCOC1CC1COC1[CH]C1. The lowest BCUT2D eigenvalue weighted by Gasteiger charge is -2.05. The van der Waals surface area contributed by atoms with Crippen LogP contribution in [-0.2, 0) is 9.47 Å². The van der Waals surface area contributed by atoms with Gasteiger partial charge in [-0.2, -0.15) is 0 Å². The number of hydrogen-bond acceptors (Lipinski definition) is 2. The average molecular weight is 323 g/mol. The molecule has 0 heterocycles. The van der Waals surface area contributed by atoms with Crippen molar-refractivity contribution in [1.29, 1.82) is 0 Å². The Morgan fingerprint density at radius 2 is 1.35 bits per heavy atom. The Labute approximate surface area is 144 Å². The van der Waals surface area contributed by atoms with E-state index < -0.39 is 0 Å². The van der Waals surface area contributed by atoms with Gasteiger partial charge in [0.1, 0.15) is 0 Å². The standard InChI is InChI=1S/C21H38O2/c1-2-3-4-5-6-7-8-9-10-11-12-13-16-22-21-17-19(21)18-23-20-14-15-20/h14,19-21H,1-13,15-18H2. The second kappa shape index (κ2) is 12.3. The molecule has 0 spiro atoms. The van der Waals surface area contributed by atoms with Crippen molar-refractivity contribution in [3.63, 3.8) is 0 Å². The van der Waals surface area contributed by atoms with Crippen LogP contribution in [0.2, 0.25) is 0 Å². The molecule has 134 valence electrons. The molecule has 2 nitrogen and oxygen atoms in total. The van der Waals surface area contributed by atoms with Crippen LogP contribution in [-0.4, -0.2) is 25.4 Å². The van der Waals surface area contributed by atoms with Gasteiger partial charge in [0.05, 0.1) is 18.8 Å². The summed E-state index contributed by atoms with van der Waals surface area (Å²) in [6.45, 7) is 5.77. The molecule has 2 heteroatoms. The molecule has 2 radical (unpaired) electrons. The maximum absolute atomic E-state index is 5.92. The number of hydrogen-bond donors (Lipinski definition) is 0. The van der Waals surface area contributed by atoms with Gasteiger partial charge in [0.15, 0.2) is 0 Å². The molecule has 0 aromatic carbocycles. The van der Waals surface area contributed by atoms with Gasteiger partial charge in [-0.1, -0.05) is 77.6 Å². The van der Waals surface area contributed by atoms with Crippen LogP contribution in [0, 0.1) is 19.3 Å². The lowest BCUT2D eigenvalue weighted by Crippen LogP contribution is -2.05. The van der Waals surface area contributed by atoms with Crippen LogP contribution in [0.3, 0.4) is 0 Å². The minimum absolute atomic E-state index is 0.477. The molecule has 2 rings (SSSR count). The fraction of sp³-hybridized carbons (Fsp3) is 0.905. The summed E-state index contributed by atoms with van der Waals surface area (Å²) < 4.78 is 11.6. The first-order chi connectivity index (χ1) is 11.4. The third-order valence-electron chi connectivity index (χ3n) is 5.04. The van der Waals surface area contributed by atoms with Gasteiger partial charge in [-0.25, -0.2) is 0 Å². The van der Waals surface area contributed by atoms with E-state index in [2.05, 4.69) is 13.3 Å². The van der Waals surface area contributed by atoms with Gasteiger partial charge in [0.25, 0.3) is 0 Å². The van der Waals surface area contributed by atoms with Crippen molar-refractivity contribution < 1.29 is 9.47 Å². The highest BCUT2D eigenvalue weighted by molar-refractivity contribution is 4.98. The Kier molecular flexibility index (Phi) is 10.3. The summed E-state index contributed by atoms with van der Waals surface area (Å²) >= 11 is 0. The molecule has 0 bridgehead atoms. The average Bonchev–Trinajstić information content (AvgIpc) is 3.45. The van der Waals surface area contributed by atoms with Crippen LogP contribution in [0.4, 0.5) is 0 Å². The first kappa shape index (κ1) is 19.2. The van der Waals surface area contributed by atoms with E-state index >= 15 is 0 Å². The molecular formula is C21H38O2. The monoisotopic (exact) mass is 322 g/mol. The lowest BCUT2D eigenvalue weighted by molar-refractivity contribution is 0.0696. The van der Waals surface area contributed by atoms with Gasteiger partial charge in [-0.15, -0.1) is 0 Å². The molecule has 2 aliphatic carbocycles. The zero-order chi connectivity index (χ0) is 16.2. The Hall–Kier alpha value is -0.0800. The number of unbranched alkanes of at least 4 members (excludes halogenated alkanes) is 11. The lowest BCUT2D eigenvalue weighted by atomic mass is 10.1. The van der Waals surface area contributed by atoms with Gasteiger partial charge in [-0.3, -0.25) is 0 Å². The topological polar surface area (TPSA) is 18.5 Å². The van der Waals surface area contributed by atoms with E-state index in [9.17, 15) is 0 Å². The molecule has 23 heavy (non-hydrogen) atoms. The maximum atomic E-state index is 5.92. The van der Waals surface area contributed by atoms with E-state index in [1.54, 1.807) is 0 Å². The highest BCUT2D eigenvalue weighted by Crippen LogP contribution is 2.36. The molecule has 2 fully saturated rings. The first-order valence-corrected chi connectivity index (χ1v) is 10.3. The fourth-order valence-electron chi connectivity index (χ4n) is 3.14. The number of ether oxygens (including phenoxy) is 2. The zero-order valence-electron chi connectivity index (χ0n) is 15.1. The molecule has 0 aromatic heterocycles. The van der Waals surface area contributed by atoms with Crippen LogP contribution in [0.25, 0.3) is 0 Å². The summed E-state index contributed by atoms with van der Waals surface area (Å²) in [5.41, 5.74) is 0. The third kappa shape index (κ3) is 10.4. The van der Waals surface area contributed by atoms with Crippen molar-refractivity contribution >= 4 is 0 Å². The van der Waals surface area contributed by atoms with E-state index in [1.807, 2.05) is 0 Å². The molecule has 3 unspecified atom stereocenters. The molecule has 0 aromatic rings. The maximum Gasteiger partial charge on any atom is 0.0630 e. The Morgan fingerprint density at radius 3 is 1.91 bits per heavy atom. The van der Waals surface area contributed by atoms with E-state index in [-0.39, 0.29) is 0 Å². The Morgan fingerprint density at radius 1 is 0.783 bits per heavy atom. The Bertz CT molecular complexity index is 275. The third-order valence-corrected chi connectivity index (χ3v) is 5.04. The van der Waals surface area contributed by atoms with Gasteiger partial charge < -0.3 is 9.47 Å². The van der Waals surface area contributed by atoms with Crippen LogP contribution in [0.5, 0.6) is 0 Å².